The molecule has 15 heavy (non-hydrogen) atoms. The molecule has 1 atom stereocenters. The fourth-order valence-corrected chi connectivity index (χ4v) is 1.81. The average molecular weight is 206 g/mol. The highest BCUT2D eigenvalue weighted by molar-refractivity contribution is 5.41. The zero-order chi connectivity index (χ0) is 10.8. The van der Waals surface area contributed by atoms with E-state index in [0.717, 1.165) is 5.56 Å². The Balaban J connectivity index is 1.97. The van der Waals surface area contributed by atoms with Gasteiger partial charge in [-0.3, -0.25) is 0 Å². The molecule has 0 bridgehead atoms. The van der Waals surface area contributed by atoms with Gasteiger partial charge in [0.1, 0.15) is 0 Å². The maximum atomic E-state index is 9.99. The minimum atomic E-state index is -0.431. The van der Waals surface area contributed by atoms with Gasteiger partial charge in [-0.2, -0.15) is 0 Å². The molecule has 3 nitrogen and oxygen atoms in total. The van der Waals surface area contributed by atoms with Crippen LogP contribution in [0.3, 0.4) is 0 Å². The molecule has 1 aromatic rings. The van der Waals surface area contributed by atoms with Crippen LogP contribution >= 0.6 is 0 Å². The summed E-state index contributed by atoms with van der Waals surface area (Å²) in [6.07, 6.45) is 2.10. The third-order valence-electron chi connectivity index (χ3n) is 2.93. The van der Waals surface area contributed by atoms with Crippen LogP contribution in [0.25, 0.3) is 0 Å². The number of rotatable bonds is 4. The molecule has 0 aliphatic heterocycles. The maximum Gasteiger partial charge on any atom is 0.0917 e. The SMILES string of the molecule is CN(CC(O)c1cccc(N)c1)C1CC1. The van der Waals surface area contributed by atoms with Crippen LogP contribution in [0.15, 0.2) is 24.3 Å². The lowest BCUT2D eigenvalue weighted by atomic mass is 10.1. The first-order valence-electron chi connectivity index (χ1n) is 5.40. The summed E-state index contributed by atoms with van der Waals surface area (Å²) in [4.78, 5) is 2.22. The molecule has 1 saturated carbocycles. The van der Waals surface area contributed by atoms with Crippen molar-refractivity contribution < 1.29 is 5.11 Å². The molecule has 0 radical (unpaired) electrons. The van der Waals surface area contributed by atoms with Crippen LogP contribution < -0.4 is 5.73 Å². The lowest BCUT2D eigenvalue weighted by Gasteiger charge is -2.20. The summed E-state index contributed by atoms with van der Waals surface area (Å²) >= 11 is 0. The van der Waals surface area contributed by atoms with Crippen molar-refractivity contribution in [3.05, 3.63) is 29.8 Å². The molecule has 1 aliphatic carbocycles. The van der Waals surface area contributed by atoms with Crippen molar-refractivity contribution in [1.82, 2.24) is 4.90 Å². The molecular weight excluding hydrogens is 188 g/mol. The Morgan fingerprint density at radius 1 is 1.53 bits per heavy atom. The van der Waals surface area contributed by atoms with Crippen molar-refractivity contribution in [3.63, 3.8) is 0 Å². The van der Waals surface area contributed by atoms with Crippen LogP contribution in [0, 0.1) is 0 Å². The highest BCUT2D eigenvalue weighted by Crippen LogP contribution is 2.27. The van der Waals surface area contributed by atoms with Gasteiger partial charge >= 0.3 is 0 Å². The van der Waals surface area contributed by atoms with E-state index in [1.165, 1.54) is 12.8 Å². The Labute approximate surface area is 90.5 Å². The van der Waals surface area contributed by atoms with Crippen molar-refractivity contribution in [1.29, 1.82) is 0 Å². The third kappa shape index (κ3) is 2.70. The molecule has 0 spiro atoms. The first kappa shape index (κ1) is 10.5. The van der Waals surface area contributed by atoms with E-state index in [2.05, 4.69) is 11.9 Å². The van der Waals surface area contributed by atoms with Crippen LogP contribution in [0.5, 0.6) is 0 Å². The zero-order valence-electron chi connectivity index (χ0n) is 9.06. The first-order valence-corrected chi connectivity index (χ1v) is 5.40. The van der Waals surface area contributed by atoms with Gasteiger partial charge in [0.05, 0.1) is 6.10 Å². The Kier molecular flexibility index (Phi) is 2.93. The Bertz CT molecular complexity index is 336. The molecule has 0 heterocycles. The minimum Gasteiger partial charge on any atom is -0.399 e. The van der Waals surface area contributed by atoms with E-state index in [4.69, 9.17) is 5.73 Å². The predicted molar refractivity (Wildman–Crippen MR) is 61.5 cm³/mol. The molecule has 1 unspecified atom stereocenters. The monoisotopic (exact) mass is 206 g/mol. The predicted octanol–water partition coefficient (Wildman–Crippen LogP) is 1.40. The molecule has 1 fully saturated rings. The number of anilines is 1. The summed E-state index contributed by atoms with van der Waals surface area (Å²) in [6, 6.07) is 8.15. The number of hydrogen-bond donors (Lipinski definition) is 2. The van der Waals surface area contributed by atoms with Gasteiger partial charge in [-0.25, -0.2) is 0 Å². The van der Waals surface area contributed by atoms with E-state index in [1.54, 1.807) is 0 Å². The van der Waals surface area contributed by atoms with Crippen LogP contribution in [0.4, 0.5) is 5.69 Å². The minimum absolute atomic E-state index is 0.431. The molecule has 3 N–H and O–H groups in total. The highest BCUT2D eigenvalue weighted by Gasteiger charge is 2.27. The molecule has 3 heteroatoms. The van der Waals surface area contributed by atoms with Gasteiger partial charge < -0.3 is 15.7 Å². The summed E-state index contributed by atoms with van der Waals surface area (Å²) in [5.74, 6) is 0. The van der Waals surface area contributed by atoms with Gasteiger partial charge in [-0.1, -0.05) is 12.1 Å². The summed E-state index contributed by atoms with van der Waals surface area (Å²) in [5, 5.41) is 9.99. The number of benzene rings is 1. The fraction of sp³-hybridized carbons (Fsp3) is 0.500. The molecule has 2 rings (SSSR count). The largest absolute Gasteiger partial charge is 0.399 e. The second-order valence-electron chi connectivity index (χ2n) is 4.36. The lowest BCUT2D eigenvalue weighted by molar-refractivity contribution is 0.123. The Morgan fingerprint density at radius 2 is 2.27 bits per heavy atom. The Hall–Kier alpha value is -1.06. The van der Waals surface area contributed by atoms with Crippen LogP contribution in [-0.4, -0.2) is 29.6 Å². The molecular formula is C12H18N2O. The summed E-state index contributed by atoms with van der Waals surface area (Å²) in [5.41, 5.74) is 7.29. The topological polar surface area (TPSA) is 49.5 Å². The highest BCUT2D eigenvalue weighted by atomic mass is 16.3. The molecule has 1 aliphatic rings. The molecule has 0 saturated heterocycles. The summed E-state index contributed by atoms with van der Waals surface area (Å²) in [6.45, 7) is 0.689. The van der Waals surface area contributed by atoms with Gasteiger partial charge in [0, 0.05) is 18.3 Å². The van der Waals surface area contributed by atoms with E-state index >= 15 is 0 Å². The van der Waals surface area contributed by atoms with Gasteiger partial charge in [-0.05, 0) is 37.6 Å². The van der Waals surface area contributed by atoms with E-state index in [0.29, 0.717) is 18.3 Å². The summed E-state index contributed by atoms with van der Waals surface area (Å²) < 4.78 is 0. The first-order chi connectivity index (χ1) is 7.16. The van der Waals surface area contributed by atoms with Crippen molar-refractivity contribution >= 4 is 5.69 Å². The molecule has 82 valence electrons. The smallest absolute Gasteiger partial charge is 0.0917 e. The number of aliphatic hydroxyl groups is 1. The van der Waals surface area contributed by atoms with E-state index in [9.17, 15) is 5.11 Å². The average Bonchev–Trinajstić information content (AvgIpc) is 3.00. The molecule has 1 aromatic carbocycles. The van der Waals surface area contributed by atoms with E-state index < -0.39 is 6.10 Å². The number of likely N-dealkylation sites (N-methyl/N-ethyl adjacent to an activating group) is 1. The van der Waals surface area contributed by atoms with Gasteiger partial charge in [0.2, 0.25) is 0 Å². The standard InChI is InChI=1S/C12H18N2O/c1-14(11-5-6-11)8-12(15)9-3-2-4-10(13)7-9/h2-4,7,11-12,15H,5-6,8,13H2,1H3. The fourth-order valence-electron chi connectivity index (χ4n) is 1.81. The molecule has 0 aromatic heterocycles. The summed E-state index contributed by atoms with van der Waals surface area (Å²) in [7, 11) is 2.06. The third-order valence-corrected chi connectivity index (χ3v) is 2.93. The van der Waals surface area contributed by atoms with E-state index in [-0.39, 0.29) is 0 Å². The van der Waals surface area contributed by atoms with Crippen LogP contribution in [-0.2, 0) is 0 Å². The number of nitrogens with zero attached hydrogens (tertiary/aromatic N) is 1. The second kappa shape index (κ2) is 4.21. The van der Waals surface area contributed by atoms with Crippen molar-refractivity contribution in [2.45, 2.75) is 25.0 Å². The maximum absolute atomic E-state index is 9.99. The van der Waals surface area contributed by atoms with Gasteiger partial charge in [0.25, 0.3) is 0 Å². The normalized spacial score (nSPS) is 18.1. The lowest BCUT2D eigenvalue weighted by Crippen LogP contribution is -2.26. The number of aliphatic hydroxyl groups excluding tert-OH is 1. The van der Waals surface area contributed by atoms with Gasteiger partial charge in [0.15, 0.2) is 0 Å². The van der Waals surface area contributed by atoms with Gasteiger partial charge in [-0.15, -0.1) is 0 Å². The Morgan fingerprint density at radius 3 is 2.87 bits per heavy atom. The van der Waals surface area contributed by atoms with Crippen LogP contribution in [0.1, 0.15) is 24.5 Å². The quantitative estimate of drug-likeness (QED) is 0.732. The zero-order valence-corrected chi connectivity index (χ0v) is 9.06. The van der Waals surface area contributed by atoms with Crippen molar-refractivity contribution in [2.75, 3.05) is 19.3 Å². The van der Waals surface area contributed by atoms with Crippen LogP contribution in [0.2, 0.25) is 0 Å². The second-order valence-corrected chi connectivity index (χ2v) is 4.36. The number of hydrogen-bond acceptors (Lipinski definition) is 3. The number of nitrogen functional groups attached to an aromatic ring is 1. The number of nitrogens with two attached hydrogens (primary N) is 1. The van der Waals surface area contributed by atoms with E-state index in [1.807, 2.05) is 24.3 Å². The molecule has 0 amide bonds. The van der Waals surface area contributed by atoms with Crippen molar-refractivity contribution in [3.8, 4) is 0 Å². The van der Waals surface area contributed by atoms with Crippen molar-refractivity contribution in [2.24, 2.45) is 0 Å².